The van der Waals surface area contributed by atoms with Crippen LogP contribution >= 0.6 is 0 Å². The summed E-state index contributed by atoms with van der Waals surface area (Å²) in [5.41, 5.74) is 5.88. The van der Waals surface area contributed by atoms with E-state index in [2.05, 4.69) is 0 Å². The molecule has 0 aliphatic carbocycles. The van der Waals surface area contributed by atoms with Crippen molar-refractivity contribution in [3.05, 3.63) is 29.8 Å². The van der Waals surface area contributed by atoms with E-state index in [1.165, 1.54) is 7.11 Å². The lowest BCUT2D eigenvalue weighted by atomic mass is 9.81. The van der Waals surface area contributed by atoms with Crippen LogP contribution < -0.4 is 5.73 Å². The van der Waals surface area contributed by atoms with E-state index in [1.54, 1.807) is 38.1 Å². The van der Waals surface area contributed by atoms with Crippen molar-refractivity contribution in [2.24, 2.45) is 11.1 Å². The van der Waals surface area contributed by atoms with Crippen LogP contribution in [0.1, 0.15) is 25.5 Å². The average Bonchev–Trinajstić information content (AvgIpc) is 2.26. The van der Waals surface area contributed by atoms with Gasteiger partial charge in [-0.25, -0.2) is 0 Å². The number of carbonyl (C=O) groups excluding carboxylic acids is 1. The first-order valence-corrected chi connectivity index (χ1v) is 5.02. The zero-order valence-corrected chi connectivity index (χ0v) is 9.73. The molecule has 0 fully saturated rings. The van der Waals surface area contributed by atoms with Crippen LogP contribution in [-0.2, 0) is 9.53 Å². The summed E-state index contributed by atoms with van der Waals surface area (Å²) < 4.78 is 4.71. The molecule has 1 atom stereocenters. The smallest absolute Gasteiger partial charge is 0.313 e. The summed E-state index contributed by atoms with van der Waals surface area (Å²) in [4.78, 5) is 11.6. The van der Waals surface area contributed by atoms with Crippen molar-refractivity contribution in [1.29, 1.82) is 0 Å². The van der Waals surface area contributed by atoms with Crippen LogP contribution in [0.5, 0.6) is 5.75 Å². The maximum atomic E-state index is 11.6. The van der Waals surface area contributed by atoms with Gasteiger partial charge >= 0.3 is 5.97 Å². The van der Waals surface area contributed by atoms with Crippen LogP contribution in [0.2, 0.25) is 0 Å². The van der Waals surface area contributed by atoms with E-state index in [1.807, 2.05) is 0 Å². The molecule has 1 aromatic carbocycles. The van der Waals surface area contributed by atoms with E-state index in [4.69, 9.17) is 10.5 Å². The molecule has 0 unspecified atom stereocenters. The second-order valence-corrected chi connectivity index (χ2v) is 4.29. The Hall–Kier alpha value is -1.55. The van der Waals surface area contributed by atoms with Crippen LogP contribution in [-0.4, -0.2) is 18.2 Å². The van der Waals surface area contributed by atoms with Crippen molar-refractivity contribution in [1.82, 2.24) is 0 Å². The zero-order chi connectivity index (χ0) is 12.3. The zero-order valence-electron chi connectivity index (χ0n) is 9.73. The van der Waals surface area contributed by atoms with Gasteiger partial charge < -0.3 is 15.6 Å². The number of ether oxygens (including phenoxy) is 1. The number of aromatic hydroxyl groups is 1. The van der Waals surface area contributed by atoms with E-state index >= 15 is 0 Å². The summed E-state index contributed by atoms with van der Waals surface area (Å²) >= 11 is 0. The fraction of sp³-hybridized carbons (Fsp3) is 0.417. The highest BCUT2D eigenvalue weighted by Crippen LogP contribution is 2.33. The fourth-order valence-electron chi connectivity index (χ4n) is 1.52. The molecule has 88 valence electrons. The van der Waals surface area contributed by atoms with Gasteiger partial charge in [0.05, 0.1) is 12.5 Å². The molecule has 0 spiro atoms. The highest BCUT2D eigenvalue weighted by molar-refractivity contribution is 5.77. The number of esters is 1. The van der Waals surface area contributed by atoms with Crippen molar-refractivity contribution in [3.63, 3.8) is 0 Å². The molecular weight excluding hydrogens is 206 g/mol. The Bertz CT molecular complexity index is 388. The van der Waals surface area contributed by atoms with Gasteiger partial charge in [-0.15, -0.1) is 0 Å². The summed E-state index contributed by atoms with van der Waals surface area (Å²) in [6.45, 7) is 3.43. The topological polar surface area (TPSA) is 72.5 Å². The summed E-state index contributed by atoms with van der Waals surface area (Å²) in [7, 11) is 1.33. The monoisotopic (exact) mass is 223 g/mol. The molecule has 1 rings (SSSR count). The molecule has 0 bridgehead atoms. The summed E-state index contributed by atoms with van der Waals surface area (Å²) in [6, 6.07) is 6.05. The van der Waals surface area contributed by atoms with Crippen molar-refractivity contribution < 1.29 is 14.6 Å². The van der Waals surface area contributed by atoms with E-state index in [0.29, 0.717) is 5.56 Å². The Balaban J connectivity index is 3.01. The van der Waals surface area contributed by atoms with Crippen LogP contribution in [0, 0.1) is 5.41 Å². The number of hydrogen-bond acceptors (Lipinski definition) is 4. The van der Waals surface area contributed by atoms with Gasteiger partial charge in [-0.3, -0.25) is 4.79 Å². The van der Waals surface area contributed by atoms with Gasteiger partial charge in [-0.1, -0.05) is 12.1 Å². The lowest BCUT2D eigenvalue weighted by Gasteiger charge is -2.28. The minimum absolute atomic E-state index is 0.133. The van der Waals surface area contributed by atoms with Gasteiger partial charge in [0.15, 0.2) is 0 Å². The van der Waals surface area contributed by atoms with Crippen LogP contribution in [0.25, 0.3) is 0 Å². The molecule has 16 heavy (non-hydrogen) atoms. The Morgan fingerprint density at radius 1 is 1.50 bits per heavy atom. The molecule has 1 aromatic rings. The molecule has 3 N–H and O–H groups in total. The normalized spacial score (nSPS) is 13.2. The van der Waals surface area contributed by atoms with Crippen molar-refractivity contribution in [2.45, 2.75) is 19.9 Å². The minimum atomic E-state index is -0.831. The number of methoxy groups -OCH3 is 1. The molecule has 4 nitrogen and oxygen atoms in total. The van der Waals surface area contributed by atoms with Gasteiger partial charge in [0.25, 0.3) is 0 Å². The van der Waals surface area contributed by atoms with Gasteiger partial charge in [-0.2, -0.15) is 0 Å². The molecule has 0 radical (unpaired) electrons. The summed E-state index contributed by atoms with van der Waals surface area (Å²) in [5, 5.41) is 9.35. The number of hydrogen-bond donors (Lipinski definition) is 2. The number of rotatable bonds is 3. The van der Waals surface area contributed by atoms with Gasteiger partial charge in [0.2, 0.25) is 0 Å². The molecular formula is C12H17NO3. The maximum absolute atomic E-state index is 11.6. The minimum Gasteiger partial charge on any atom is -0.508 e. The Labute approximate surface area is 95.0 Å². The van der Waals surface area contributed by atoms with Gasteiger partial charge in [0, 0.05) is 6.04 Å². The number of benzene rings is 1. The van der Waals surface area contributed by atoms with Gasteiger partial charge in [0.1, 0.15) is 5.75 Å². The van der Waals surface area contributed by atoms with E-state index in [9.17, 15) is 9.90 Å². The maximum Gasteiger partial charge on any atom is 0.313 e. The van der Waals surface area contributed by atoms with Crippen molar-refractivity contribution >= 4 is 5.97 Å². The Morgan fingerprint density at radius 2 is 2.12 bits per heavy atom. The first kappa shape index (κ1) is 12.5. The first-order valence-electron chi connectivity index (χ1n) is 5.02. The third-order valence-electron chi connectivity index (χ3n) is 2.72. The van der Waals surface area contributed by atoms with Crippen LogP contribution in [0.15, 0.2) is 24.3 Å². The molecule has 0 saturated heterocycles. The number of phenolic OH excluding ortho intramolecular Hbond substituents is 1. The molecule has 0 aromatic heterocycles. The number of carbonyl (C=O) groups is 1. The number of nitrogens with two attached hydrogens (primary N) is 1. The molecule has 0 saturated carbocycles. The third kappa shape index (κ3) is 2.33. The second kappa shape index (κ2) is 4.53. The third-order valence-corrected chi connectivity index (χ3v) is 2.72. The summed E-state index contributed by atoms with van der Waals surface area (Å²) in [5.74, 6) is -0.239. The first-order chi connectivity index (χ1) is 7.39. The van der Waals surface area contributed by atoms with E-state index in [0.717, 1.165) is 0 Å². The Kier molecular flexibility index (Phi) is 3.55. The molecule has 0 amide bonds. The fourth-order valence-corrected chi connectivity index (χ4v) is 1.52. The highest BCUT2D eigenvalue weighted by Gasteiger charge is 2.36. The predicted molar refractivity (Wildman–Crippen MR) is 60.8 cm³/mol. The van der Waals surface area contributed by atoms with Crippen LogP contribution in [0.4, 0.5) is 0 Å². The van der Waals surface area contributed by atoms with Gasteiger partial charge in [-0.05, 0) is 31.5 Å². The van der Waals surface area contributed by atoms with Crippen LogP contribution in [0.3, 0.4) is 0 Å². The summed E-state index contributed by atoms with van der Waals surface area (Å²) in [6.07, 6.45) is 0. The highest BCUT2D eigenvalue weighted by atomic mass is 16.5. The lowest BCUT2D eigenvalue weighted by molar-refractivity contribution is -0.152. The SMILES string of the molecule is COC(=O)C(C)(C)[C@@H](N)c1cccc(O)c1. The average molecular weight is 223 g/mol. The lowest BCUT2D eigenvalue weighted by Crippen LogP contribution is -2.37. The second-order valence-electron chi connectivity index (χ2n) is 4.29. The predicted octanol–water partition coefficient (Wildman–Crippen LogP) is 1.59. The standard InChI is InChI=1S/C12H17NO3/c1-12(2,11(15)16-3)10(13)8-5-4-6-9(14)7-8/h4-7,10,14H,13H2,1-3H3/t10-/m0/s1. The van der Waals surface area contributed by atoms with E-state index < -0.39 is 11.5 Å². The quantitative estimate of drug-likeness (QED) is 0.763. The molecule has 4 heteroatoms. The van der Waals surface area contributed by atoms with Crippen molar-refractivity contribution in [2.75, 3.05) is 7.11 Å². The number of phenols is 1. The molecule has 0 aliphatic rings. The largest absolute Gasteiger partial charge is 0.508 e. The van der Waals surface area contributed by atoms with E-state index in [-0.39, 0.29) is 11.7 Å². The Morgan fingerprint density at radius 3 is 2.62 bits per heavy atom. The molecule has 0 heterocycles. The van der Waals surface area contributed by atoms with Crippen molar-refractivity contribution in [3.8, 4) is 5.75 Å². The molecule has 0 aliphatic heterocycles.